The number of aromatic nitrogens is 2. The van der Waals surface area contributed by atoms with Gasteiger partial charge >= 0.3 is 0 Å². The molecule has 1 unspecified atom stereocenters. The van der Waals surface area contributed by atoms with Crippen molar-refractivity contribution in [1.29, 1.82) is 0 Å². The van der Waals surface area contributed by atoms with E-state index in [0.29, 0.717) is 0 Å². The Balaban J connectivity index is 1.43. The zero-order chi connectivity index (χ0) is 17.1. The van der Waals surface area contributed by atoms with E-state index in [4.69, 9.17) is 4.98 Å². The summed E-state index contributed by atoms with van der Waals surface area (Å²) in [5.41, 5.74) is 3.11. The van der Waals surface area contributed by atoms with Crippen molar-refractivity contribution in [3.8, 4) is 0 Å². The SMILES string of the molecule is O=C(Nc1ccccc1)C1CCc2nc(N3CCCCC3)ncc2C1. The summed E-state index contributed by atoms with van der Waals surface area (Å²) in [5, 5.41) is 3.02. The molecule has 1 amide bonds. The van der Waals surface area contributed by atoms with Crippen molar-refractivity contribution in [3.05, 3.63) is 47.8 Å². The van der Waals surface area contributed by atoms with Crippen LogP contribution in [0.2, 0.25) is 0 Å². The number of rotatable bonds is 3. The first-order chi connectivity index (χ1) is 12.3. The topological polar surface area (TPSA) is 58.1 Å². The smallest absolute Gasteiger partial charge is 0.227 e. The van der Waals surface area contributed by atoms with E-state index in [1.807, 2.05) is 36.5 Å². The highest BCUT2D eigenvalue weighted by Crippen LogP contribution is 2.27. The van der Waals surface area contributed by atoms with Crippen LogP contribution in [0.15, 0.2) is 36.5 Å². The molecule has 0 saturated carbocycles. The number of hydrogen-bond acceptors (Lipinski definition) is 4. The lowest BCUT2D eigenvalue weighted by Gasteiger charge is -2.28. The molecule has 0 radical (unpaired) electrons. The number of piperidine rings is 1. The molecule has 1 aliphatic carbocycles. The van der Waals surface area contributed by atoms with E-state index < -0.39 is 0 Å². The van der Waals surface area contributed by atoms with Crippen LogP contribution < -0.4 is 10.2 Å². The first kappa shape index (κ1) is 16.1. The van der Waals surface area contributed by atoms with Crippen molar-refractivity contribution in [1.82, 2.24) is 9.97 Å². The molecule has 1 N–H and O–H groups in total. The van der Waals surface area contributed by atoms with Crippen LogP contribution in [0.4, 0.5) is 11.6 Å². The molecule has 5 heteroatoms. The van der Waals surface area contributed by atoms with E-state index in [2.05, 4.69) is 15.2 Å². The maximum atomic E-state index is 12.5. The van der Waals surface area contributed by atoms with Crippen LogP contribution in [0.5, 0.6) is 0 Å². The highest BCUT2D eigenvalue weighted by atomic mass is 16.1. The third-order valence-electron chi connectivity index (χ3n) is 5.19. The number of anilines is 2. The fourth-order valence-corrected chi connectivity index (χ4v) is 3.73. The van der Waals surface area contributed by atoms with Crippen molar-refractivity contribution in [2.24, 2.45) is 5.92 Å². The molecule has 2 aliphatic rings. The molecular weight excluding hydrogens is 312 g/mol. The van der Waals surface area contributed by atoms with Crippen LogP contribution in [0, 0.1) is 5.92 Å². The maximum absolute atomic E-state index is 12.5. The number of carbonyl (C=O) groups excluding carboxylic acids is 1. The Kier molecular flexibility index (Phi) is 4.63. The Hall–Kier alpha value is -2.43. The van der Waals surface area contributed by atoms with Gasteiger partial charge in [-0.2, -0.15) is 0 Å². The highest BCUT2D eigenvalue weighted by Gasteiger charge is 2.27. The average Bonchev–Trinajstić information content (AvgIpc) is 2.68. The van der Waals surface area contributed by atoms with E-state index in [1.54, 1.807) is 0 Å². The van der Waals surface area contributed by atoms with Crippen LogP contribution in [-0.2, 0) is 17.6 Å². The second-order valence-corrected chi connectivity index (χ2v) is 6.98. The summed E-state index contributed by atoms with van der Waals surface area (Å²) < 4.78 is 0. The minimum Gasteiger partial charge on any atom is -0.341 e. The van der Waals surface area contributed by atoms with E-state index >= 15 is 0 Å². The summed E-state index contributed by atoms with van der Waals surface area (Å²) in [6, 6.07) is 9.65. The van der Waals surface area contributed by atoms with Gasteiger partial charge < -0.3 is 10.2 Å². The largest absolute Gasteiger partial charge is 0.341 e. The van der Waals surface area contributed by atoms with Crippen LogP contribution in [0.1, 0.15) is 36.9 Å². The lowest BCUT2D eigenvalue weighted by molar-refractivity contribution is -0.120. The van der Waals surface area contributed by atoms with Gasteiger partial charge in [-0.3, -0.25) is 4.79 Å². The number of hydrogen-bond donors (Lipinski definition) is 1. The fourth-order valence-electron chi connectivity index (χ4n) is 3.73. The predicted octanol–water partition coefficient (Wildman–Crippen LogP) is 3.21. The van der Waals surface area contributed by atoms with Crippen LogP contribution in [0.25, 0.3) is 0 Å². The number of nitrogens with one attached hydrogen (secondary N) is 1. The molecule has 1 aliphatic heterocycles. The van der Waals surface area contributed by atoms with Gasteiger partial charge in [0.05, 0.1) is 0 Å². The number of para-hydroxylation sites is 1. The van der Waals surface area contributed by atoms with E-state index in [9.17, 15) is 4.79 Å². The van der Waals surface area contributed by atoms with Crippen LogP contribution in [-0.4, -0.2) is 29.0 Å². The van der Waals surface area contributed by atoms with Gasteiger partial charge in [0.1, 0.15) is 0 Å². The molecular formula is C20H24N4O. The number of benzene rings is 1. The maximum Gasteiger partial charge on any atom is 0.227 e. The van der Waals surface area contributed by atoms with Gasteiger partial charge in [-0.1, -0.05) is 18.2 Å². The lowest BCUT2D eigenvalue weighted by atomic mass is 9.86. The molecule has 1 saturated heterocycles. The van der Waals surface area contributed by atoms with Crippen molar-refractivity contribution < 1.29 is 4.79 Å². The first-order valence-electron chi connectivity index (χ1n) is 9.25. The quantitative estimate of drug-likeness (QED) is 0.935. The van der Waals surface area contributed by atoms with Gasteiger partial charge in [0.2, 0.25) is 11.9 Å². The fraction of sp³-hybridized carbons (Fsp3) is 0.450. The second kappa shape index (κ2) is 7.21. The van der Waals surface area contributed by atoms with Crippen LogP contribution in [0.3, 0.4) is 0 Å². The van der Waals surface area contributed by atoms with Crippen molar-refractivity contribution in [2.75, 3.05) is 23.3 Å². The van der Waals surface area contributed by atoms with Crippen molar-refractivity contribution in [3.63, 3.8) is 0 Å². The molecule has 2 aromatic rings. The van der Waals surface area contributed by atoms with Gasteiger partial charge in [-0.15, -0.1) is 0 Å². The van der Waals surface area contributed by atoms with E-state index in [-0.39, 0.29) is 11.8 Å². The Labute approximate surface area is 148 Å². The molecule has 5 nitrogen and oxygen atoms in total. The number of nitrogens with zero attached hydrogens (tertiary/aromatic N) is 3. The van der Waals surface area contributed by atoms with Gasteiger partial charge in [-0.05, 0) is 56.2 Å². The minimum absolute atomic E-state index is 0.00265. The molecule has 4 rings (SSSR count). The Morgan fingerprint density at radius 2 is 1.92 bits per heavy atom. The predicted molar refractivity (Wildman–Crippen MR) is 98.7 cm³/mol. The summed E-state index contributed by atoms with van der Waals surface area (Å²) >= 11 is 0. The summed E-state index contributed by atoms with van der Waals surface area (Å²) in [6.45, 7) is 2.11. The highest BCUT2D eigenvalue weighted by molar-refractivity contribution is 5.92. The van der Waals surface area contributed by atoms with Gasteiger partial charge in [0, 0.05) is 36.6 Å². The van der Waals surface area contributed by atoms with Crippen molar-refractivity contribution >= 4 is 17.5 Å². The molecule has 1 atom stereocenters. The molecule has 0 spiro atoms. The Bertz CT molecular complexity index is 741. The van der Waals surface area contributed by atoms with E-state index in [1.165, 1.54) is 19.3 Å². The Morgan fingerprint density at radius 3 is 2.72 bits per heavy atom. The summed E-state index contributed by atoms with van der Waals surface area (Å²) in [7, 11) is 0. The summed E-state index contributed by atoms with van der Waals surface area (Å²) in [4.78, 5) is 24.2. The molecule has 1 aromatic carbocycles. The molecule has 1 fully saturated rings. The van der Waals surface area contributed by atoms with Crippen LogP contribution >= 0.6 is 0 Å². The zero-order valence-electron chi connectivity index (χ0n) is 14.4. The van der Waals surface area contributed by atoms with Crippen molar-refractivity contribution in [2.45, 2.75) is 38.5 Å². The summed E-state index contributed by atoms with van der Waals surface area (Å²) in [5.74, 6) is 0.958. The molecule has 0 bridgehead atoms. The number of aryl methyl sites for hydroxylation is 1. The molecule has 130 valence electrons. The average molecular weight is 336 g/mol. The third kappa shape index (κ3) is 3.65. The summed E-state index contributed by atoms with van der Waals surface area (Å²) in [6.07, 6.45) is 8.13. The molecule has 1 aromatic heterocycles. The normalized spacial score (nSPS) is 20.0. The molecule has 2 heterocycles. The van der Waals surface area contributed by atoms with Gasteiger partial charge in [0.25, 0.3) is 0 Å². The molecule has 25 heavy (non-hydrogen) atoms. The third-order valence-corrected chi connectivity index (χ3v) is 5.19. The standard InChI is InChI=1S/C20H24N4O/c25-19(22-17-7-3-1-4-8-17)15-9-10-18-16(13-15)14-21-20(23-18)24-11-5-2-6-12-24/h1,3-4,7-8,14-15H,2,5-6,9-13H2,(H,22,25). The Morgan fingerprint density at radius 1 is 1.12 bits per heavy atom. The first-order valence-corrected chi connectivity index (χ1v) is 9.25. The lowest BCUT2D eigenvalue weighted by Crippen LogP contribution is -2.32. The van der Waals surface area contributed by atoms with E-state index in [0.717, 1.165) is 55.2 Å². The minimum atomic E-state index is -0.00265. The second-order valence-electron chi connectivity index (χ2n) is 6.98. The van der Waals surface area contributed by atoms with Gasteiger partial charge in [0.15, 0.2) is 0 Å². The number of fused-ring (bicyclic) bond motifs is 1. The monoisotopic (exact) mass is 336 g/mol. The zero-order valence-corrected chi connectivity index (χ0v) is 14.4. The number of carbonyl (C=O) groups is 1. The number of amides is 1. The van der Waals surface area contributed by atoms with Gasteiger partial charge in [-0.25, -0.2) is 9.97 Å².